The molecule has 0 bridgehead atoms. The first-order valence-electron chi connectivity index (χ1n) is 6.88. The van der Waals surface area contributed by atoms with E-state index >= 15 is 0 Å². The van der Waals surface area contributed by atoms with Gasteiger partial charge in [0.05, 0.1) is 11.0 Å². The molecule has 0 spiro atoms. The summed E-state index contributed by atoms with van der Waals surface area (Å²) in [6, 6.07) is 13.3. The van der Waals surface area contributed by atoms with Gasteiger partial charge in [0, 0.05) is 11.1 Å². The highest BCUT2D eigenvalue weighted by Gasteiger charge is 2.17. The molecular formula is C16H15ClN2O4. The van der Waals surface area contributed by atoms with E-state index in [0.29, 0.717) is 0 Å². The molecule has 0 fully saturated rings. The van der Waals surface area contributed by atoms with Crippen molar-refractivity contribution >= 4 is 23.2 Å². The molecule has 0 saturated carbocycles. The molecular weight excluding hydrogens is 320 g/mol. The van der Waals surface area contributed by atoms with Crippen LogP contribution < -0.4 is 10.1 Å². The van der Waals surface area contributed by atoms with Crippen molar-refractivity contribution in [3.05, 3.63) is 69.2 Å². The van der Waals surface area contributed by atoms with Crippen LogP contribution >= 0.6 is 11.6 Å². The number of benzene rings is 2. The number of nitro benzene ring substituents is 1. The molecule has 1 N–H and O–H groups in total. The van der Waals surface area contributed by atoms with Crippen molar-refractivity contribution in [1.29, 1.82) is 0 Å². The number of rotatable bonds is 6. The Balaban J connectivity index is 1.96. The van der Waals surface area contributed by atoms with Gasteiger partial charge in [-0.1, -0.05) is 41.9 Å². The average molecular weight is 335 g/mol. The van der Waals surface area contributed by atoms with Gasteiger partial charge in [0.2, 0.25) is 0 Å². The molecule has 2 aromatic rings. The molecule has 120 valence electrons. The summed E-state index contributed by atoms with van der Waals surface area (Å²) in [5.41, 5.74) is 0.680. The van der Waals surface area contributed by atoms with Gasteiger partial charge in [0.1, 0.15) is 0 Å². The van der Waals surface area contributed by atoms with E-state index in [4.69, 9.17) is 16.3 Å². The lowest BCUT2D eigenvalue weighted by Gasteiger charge is -2.14. The number of nitrogens with one attached hydrogen (secondary N) is 1. The van der Waals surface area contributed by atoms with E-state index in [1.54, 1.807) is 0 Å². The van der Waals surface area contributed by atoms with Crippen LogP contribution in [0.1, 0.15) is 18.5 Å². The van der Waals surface area contributed by atoms with Gasteiger partial charge >= 0.3 is 5.69 Å². The molecule has 2 aromatic carbocycles. The molecule has 0 radical (unpaired) electrons. The van der Waals surface area contributed by atoms with E-state index < -0.39 is 4.92 Å². The molecule has 0 heterocycles. The van der Waals surface area contributed by atoms with Gasteiger partial charge in [-0.15, -0.1) is 0 Å². The average Bonchev–Trinajstić information content (AvgIpc) is 2.54. The van der Waals surface area contributed by atoms with Crippen molar-refractivity contribution in [2.75, 3.05) is 6.61 Å². The minimum Gasteiger partial charge on any atom is -0.477 e. The lowest BCUT2D eigenvalue weighted by atomic mass is 10.1. The number of nitro groups is 1. The van der Waals surface area contributed by atoms with Gasteiger partial charge in [0.15, 0.2) is 12.4 Å². The van der Waals surface area contributed by atoms with Crippen molar-refractivity contribution in [2.45, 2.75) is 13.0 Å². The number of hydrogen-bond donors (Lipinski definition) is 1. The summed E-state index contributed by atoms with van der Waals surface area (Å²) in [4.78, 5) is 22.3. The maximum Gasteiger partial charge on any atom is 0.312 e. The molecule has 0 aliphatic rings. The smallest absolute Gasteiger partial charge is 0.312 e. The second-order valence-corrected chi connectivity index (χ2v) is 5.29. The van der Waals surface area contributed by atoms with Crippen LogP contribution in [0.3, 0.4) is 0 Å². The summed E-state index contributed by atoms with van der Waals surface area (Å²) in [5, 5.41) is 13.9. The fourth-order valence-electron chi connectivity index (χ4n) is 2.01. The number of amides is 1. The Kier molecular flexibility index (Phi) is 5.54. The molecule has 0 aromatic heterocycles. The zero-order valence-corrected chi connectivity index (χ0v) is 13.1. The van der Waals surface area contributed by atoms with Crippen molar-refractivity contribution in [3.63, 3.8) is 0 Å². The highest BCUT2D eigenvalue weighted by molar-refractivity contribution is 6.30. The van der Waals surface area contributed by atoms with E-state index in [-0.39, 0.29) is 35.0 Å². The maximum atomic E-state index is 11.9. The molecule has 23 heavy (non-hydrogen) atoms. The van der Waals surface area contributed by atoms with Crippen LogP contribution in [-0.2, 0) is 4.79 Å². The zero-order chi connectivity index (χ0) is 16.8. The van der Waals surface area contributed by atoms with Crippen LogP contribution in [0.15, 0.2) is 48.5 Å². The Morgan fingerprint density at radius 2 is 2.00 bits per heavy atom. The molecule has 6 nitrogen and oxygen atoms in total. The predicted octanol–water partition coefficient (Wildman–Crippen LogP) is 3.50. The summed E-state index contributed by atoms with van der Waals surface area (Å²) in [6.45, 7) is 1.53. The third kappa shape index (κ3) is 4.69. The van der Waals surface area contributed by atoms with Crippen LogP contribution in [0.5, 0.6) is 5.75 Å². The Hall–Kier alpha value is -2.60. The Morgan fingerprint density at radius 3 is 2.65 bits per heavy atom. The summed E-state index contributed by atoms with van der Waals surface area (Å²) in [6.07, 6.45) is 0. The van der Waals surface area contributed by atoms with Gasteiger partial charge in [-0.3, -0.25) is 14.9 Å². The Labute approximate surface area is 138 Å². The second-order valence-electron chi connectivity index (χ2n) is 4.86. The van der Waals surface area contributed by atoms with Crippen LogP contribution in [0, 0.1) is 10.1 Å². The molecule has 7 heteroatoms. The van der Waals surface area contributed by atoms with Crippen LogP contribution in [0.2, 0.25) is 5.02 Å². The summed E-state index contributed by atoms with van der Waals surface area (Å²) < 4.78 is 5.24. The first-order chi connectivity index (χ1) is 11.0. The summed E-state index contributed by atoms with van der Waals surface area (Å²) in [5.74, 6) is -0.368. The molecule has 0 aliphatic heterocycles. The quantitative estimate of drug-likeness (QED) is 0.647. The number of carbonyl (C=O) groups is 1. The highest BCUT2D eigenvalue weighted by Crippen LogP contribution is 2.29. The van der Waals surface area contributed by atoms with Gasteiger partial charge in [-0.05, 0) is 24.6 Å². The molecule has 1 atom stereocenters. The van der Waals surface area contributed by atoms with E-state index in [2.05, 4.69) is 5.32 Å². The van der Waals surface area contributed by atoms with Crippen LogP contribution in [0.25, 0.3) is 0 Å². The summed E-state index contributed by atoms with van der Waals surface area (Å²) in [7, 11) is 0. The van der Waals surface area contributed by atoms with Crippen LogP contribution in [0.4, 0.5) is 5.69 Å². The van der Waals surface area contributed by atoms with E-state index in [0.717, 1.165) is 5.56 Å². The zero-order valence-electron chi connectivity index (χ0n) is 12.4. The van der Waals surface area contributed by atoms with Crippen LogP contribution in [-0.4, -0.2) is 17.4 Å². The number of hydrogen-bond acceptors (Lipinski definition) is 4. The van der Waals surface area contributed by atoms with E-state index in [1.807, 2.05) is 37.3 Å². The molecule has 2 rings (SSSR count). The van der Waals surface area contributed by atoms with Crippen molar-refractivity contribution < 1.29 is 14.5 Å². The first-order valence-corrected chi connectivity index (χ1v) is 7.26. The van der Waals surface area contributed by atoms with Crippen molar-refractivity contribution in [3.8, 4) is 5.75 Å². The minimum atomic E-state index is -0.605. The Bertz CT molecular complexity index is 706. The number of ether oxygens (including phenoxy) is 1. The molecule has 0 saturated heterocycles. The molecule has 0 aliphatic carbocycles. The summed E-state index contributed by atoms with van der Waals surface area (Å²) >= 11 is 5.72. The largest absolute Gasteiger partial charge is 0.477 e. The van der Waals surface area contributed by atoms with Gasteiger partial charge in [-0.25, -0.2) is 0 Å². The molecule has 0 unspecified atom stereocenters. The van der Waals surface area contributed by atoms with E-state index in [9.17, 15) is 14.9 Å². The highest BCUT2D eigenvalue weighted by atomic mass is 35.5. The third-order valence-corrected chi connectivity index (χ3v) is 3.39. The van der Waals surface area contributed by atoms with Gasteiger partial charge in [-0.2, -0.15) is 0 Å². The standard InChI is InChI=1S/C16H15ClN2O4/c1-11(12-5-3-2-4-6-12)18-16(20)10-23-15-8-7-13(17)9-14(15)19(21)22/h2-9,11H,10H2,1H3,(H,18,20)/t11-/m0/s1. The van der Waals surface area contributed by atoms with E-state index in [1.165, 1.54) is 18.2 Å². The fraction of sp³-hybridized carbons (Fsp3) is 0.188. The van der Waals surface area contributed by atoms with Crippen molar-refractivity contribution in [1.82, 2.24) is 5.32 Å². The van der Waals surface area contributed by atoms with Gasteiger partial charge < -0.3 is 10.1 Å². The van der Waals surface area contributed by atoms with Gasteiger partial charge in [0.25, 0.3) is 5.91 Å². The third-order valence-electron chi connectivity index (χ3n) is 3.15. The topological polar surface area (TPSA) is 81.5 Å². The number of halogens is 1. The first kappa shape index (κ1) is 16.8. The molecule has 1 amide bonds. The number of carbonyl (C=O) groups excluding carboxylic acids is 1. The van der Waals surface area contributed by atoms with Crippen molar-refractivity contribution in [2.24, 2.45) is 0 Å². The maximum absolute atomic E-state index is 11.9. The normalized spacial score (nSPS) is 11.6. The lowest BCUT2D eigenvalue weighted by Crippen LogP contribution is -2.31. The lowest BCUT2D eigenvalue weighted by molar-refractivity contribution is -0.385. The SMILES string of the molecule is C[C@H](NC(=O)COc1ccc(Cl)cc1[N+](=O)[O-])c1ccccc1. The Morgan fingerprint density at radius 1 is 1.30 bits per heavy atom. The second kappa shape index (κ2) is 7.60. The predicted molar refractivity (Wildman–Crippen MR) is 86.6 cm³/mol. The number of nitrogens with zero attached hydrogens (tertiary/aromatic N) is 1. The minimum absolute atomic E-state index is 0.00177. The monoisotopic (exact) mass is 334 g/mol. The fourth-order valence-corrected chi connectivity index (χ4v) is 2.17.